The molecule has 0 unspecified atom stereocenters. The molecule has 0 bridgehead atoms. The number of halogens is 1. The Morgan fingerprint density at radius 3 is 2.59 bits per heavy atom. The third-order valence-corrected chi connectivity index (χ3v) is 5.37. The Balaban J connectivity index is 1.91. The lowest BCUT2D eigenvalue weighted by Crippen LogP contribution is -2.35. The number of amidine groups is 1. The van der Waals surface area contributed by atoms with Gasteiger partial charge in [-0.1, -0.05) is 11.6 Å². The second-order valence-corrected chi connectivity index (χ2v) is 8.43. The zero-order chi connectivity index (χ0) is 21.3. The average molecular weight is 434 g/mol. The van der Waals surface area contributed by atoms with Crippen molar-refractivity contribution < 1.29 is 14.1 Å². The molecule has 0 saturated carbocycles. The summed E-state index contributed by atoms with van der Waals surface area (Å²) in [6, 6.07) is 7.94. The van der Waals surface area contributed by atoms with Gasteiger partial charge < -0.3 is 4.42 Å². The molecule has 9 heteroatoms. The van der Waals surface area contributed by atoms with E-state index in [1.165, 1.54) is 23.9 Å². The van der Waals surface area contributed by atoms with Gasteiger partial charge in [-0.3, -0.25) is 24.8 Å². The maximum absolute atomic E-state index is 12.8. The molecular formula is C20H20ClN3O4S. The van der Waals surface area contributed by atoms with E-state index in [-0.39, 0.29) is 28.7 Å². The van der Waals surface area contributed by atoms with Gasteiger partial charge in [0.2, 0.25) is 0 Å². The van der Waals surface area contributed by atoms with E-state index in [9.17, 15) is 14.9 Å². The van der Waals surface area contributed by atoms with Crippen molar-refractivity contribution in [3.63, 3.8) is 0 Å². The van der Waals surface area contributed by atoms with E-state index in [1.54, 1.807) is 29.2 Å². The third kappa shape index (κ3) is 4.54. The summed E-state index contributed by atoms with van der Waals surface area (Å²) >= 11 is 7.18. The monoisotopic (exact) mass is 433 g/mol. The first-order valence-corrected chi connectivity index (χ1v) is 10.2. The van der Waals surface area contributed by atoms with Gasteiger partial charge in [0.05, 0.1) is 9.83 Å². The van der Waals surface area contributed by atoms with Gasteiger partial charge in [-0.05, 0) is 63.7 Å². The number of nitro groups is 1. The Morgan fingerprint density at radius 2 is 1.97 bits per heavy atom. The molecule has 1 aliphatic heterocycles. The Bertz CT molecular complexity index is 1030. The van der Waals surface area contributed by atoms with Gasteiger partial charge in [-0.2, -0.15) is 0 Å². The Kier molecular flexibility index (Phi) is 6.14. The van der Waals surface area contributed by atoms with Crippen LogP contribution in [0.15, 0.2) is 44.6 Å². The number of benzene rings is 1. The molecule has 1 aromatic carbocycles. The van der Waals surface area contributed by atoms with Crippen LogP contribution < -0.4 is 0 Å². The minimum atomic E-state index is -0.540. The van der Waals surface area contributed by atoms with Gasteiger partial charge in [0.1, 0.15) is 16.5 Å². The lowest BCUT2D eigenvalue weighted by molar-refractivity contribution is -0.384. The van der Waals surface area contributed by atoms with E-state index in [0.29, 0.717) is 27.2 Å². The number of rotatable bonds is 5. The van der Waals surface area contributed by atoms with Crippen molar-refractivity contribution in [1.82, 2.24) is 4.90 Å². The molecule has 1 fully saturated rings. The number of nitro benzene ring substituents is 1. The largest absolute Gasteiger partial charge is 0.457 e. The van der Waals surface area contributed by atoms with Crippen LogP contribution in [0.5, 0.6) is 0 Å². The summed E-state index contributed by atoms with van der Waals surface area (Å²) in [5.74, 6) is 0.802. The third-order valence-electron chi connectivity index (χ3n) is 4.05. The van der Waals surface area contributed by atoms with Crippen molar-refractivity contribution in [2.75, 3.05) is 0 Å². The molecule has 1 aliphatic rings. The minimum absolute atomic E-state index is 0.0137. The zero-order valence-corrected chi connectivity index (χ0v) is 18.0. The fraction of sp³-hybridized carbons (Fsp3) is 0.300. The minimum Gasteiger partial charge on any atom is -0.457 e. The molecule has 1 saturated heterocycles. The second-order valence-electron chi connectivity index (χ2n) is 7.01. The molecule has 0 radical (unpaired) electrons. The number of nitrogens with zero attached hydrogens (tertiary/aromatic N) is 3. The molecule has 3 rings (SSSR count). The molecule has 29 heavy (non-hydrogen) atoms. The van der Waals surface area contributed by atoms with Gasteiger partial charge in [0.25, 0.3) is 11.6 Å². The van der Waals surface area contributed by atoms with E-state index in [1.807, 2.05) is 27.7 Å². The maximum atomic E-state index is 12.8. The van der Waals surface area contributed by atoms with Crippen LogP contribution in [-0.4, -0.2) is 33.0 Å². The molecule has 152 valence electrons. The van der Waals surface area contributed by atoms with E-state index in [0.717, 1.165) is 0 Å². The molecule has 0 spiro atoms. The van der Waals surface area contributed by atoms with E-state index in [4.69, 9.17) is 16.0 Å². The predicted octanol–water partition coefficient (Wildman–Crippen LogP) is 5.60. The molecular weight excluding hydrogens is 414 g/mol. The van der Waals surface area contributed by atoms with Crippen molar-refractivity contribution in [2.45, 2.75) is 39.8 Å². The molecule has 1 amide bonds. The highest BCUT2D eigenvalue weighted by Crippen LogP contribution is 2.36. The molecule has 7 nitrogen and oxygen atoms in total. The highest BCUT2D eigenvalue weighted by Gasteiger charge is 2.35. The zero-order valence-electron chi connectivity index (χ0n) is 16.4. The smallest absolute Gasteiger partial charge is 0.288 e. The van der Waals surface area contributed by atoms with Crippen molar-refractivity contribution in [2.24, 2.45) is 4.99 Å². The molecule has 0 aliphatic carbocycles. The van der Waals surface area contributed by atoms with Crippen LogP contribution in [0, 0.1) is 10.1 Å². The van der Waals surface area contributed by atoms with E-state index < -0.39 is 4.92 Å². The van der Waals surface area contributed by atoms with Gasteiger partial charge in [-0.25, -0.2) is 0 Å². The number of thioether (sulfide) groups is 1. The standard InChI is InChI=1S/C20H20ClN3O4S/c1-11(2)22-20-23(12(3)4)19(25)18(29-20)10-14-6-8-17(28-14)13-5-7-15(21)16(9-13)24(26)27/h5-12H,1-4H3/b18-10-,22-20?. The Hall–Kier alpha value is -2.58. The molecule has 0 atom stereocenters. The van der Waals surface area contributed by atoms with E-state index >= 15 is 0 Å². The van der Waals surface area contributed by atoms with Crippen LogP contribution in [0.3, 0.4) is 0 Å². The average Bonchev–Trinajstić information content (AvgIpc) is 3.20. The van der Waals surface area contributed by atoms with Crippen molar-refractivity contribution in [3.05, 3.63) is 56.1 Å². The van der Waals surface area contributed by atoms with Crippen LogP contribution in [0.1, 0.15) is 33.5 Å². The molecule has 2 heterocycles. The number of hydrogen-bond donors (Lipinski definition) is 0. The van der Waals surface area contributed by atoms with Gasteiger partial charge in [-0.15, -0.1) is 0 Å². The summed E-state index contributed by atoms with van der Waals surface area (Å²) in [5, 5.41) is 11.8. The number of aliphatic imine (C=N–C) groups is 1. The first kappa shape index (κ1) is 21.1. The van der Waals surface area contributed by atoms with Crippen LogP contribution in [-0.2, 0) is 4.79 Å². The maximum Gasteiger partial charge on any atom is 0.288 e. The highest BCUT2D eigenvalue weighted by molar-refractivity contribution is 8.18. The quantitative estimate of drug-likeness (QED) is 0.348. The fourth-order valence-electron chi connectivity index (χ4n) is 2.77. The van der Waals surface area contributed by atoms with Crippen LogP contribution in [0.25, 0.3) is 17.4 Å². The number of carbonyl (C=O) groups is 1. The topological polar surface area (TPSA) is 89.0 Å². The normalized spacial score (nSPS) is 17.3. The van der Waals surface area contributed by atoms with Crippen LogP contribution in [0.4, 0.5) is 5.69 Å². The van der Waals surface area contributed by atoms with Gasteiger partial charge >= 0.3 is 0 Å². The van der Waals surface area contributed by atoms with Crippen molar-refractivity contribution in [3.8, 4) is 11.3 Å². The van der Waals surface area contributed by atoms with Crippen molar-refractivity contribution in [1.29, 1.82) is 0 Å². The first-order chi connectivity index (χ1) is 13.7. The summed E-state index contributed by atoms with van der Waals surface area (Å²) in [7, 11) is 0. The number of hydrogen-bond acceptors (Lipinski definition) is 6. The predicted molar refractivity (Wildman–Crippen MR) is 116 cm³/mol. The fourth-order valence-corrected chi connectivity index (χ4v) is 4.17. The Labute approximate surface area is 177 Å². The summed E-state index contributed by atoms with van der Waals surface area (Å²) in [5.41, 5.74) is 0.339. The summed E-state index contributed by atoms with van der Waals surface area (Å²) in [4.78, 5) is 30.1. The Morgan fingerprint density at radius 1 is 1.24 bits per heavy atom. The SMILES string of the molecule is CC(C)N=C1S/C(=C\c2ccc(-c3ccc(Cl)c([N+](=O)[O-])c3)o2)C(=O)N1C(C)C. The number of carbonyl (C=O) groups excluding carboxylic acids is 1. The summed E-state index contributed by atoms with van der Waals surface area (Å²) in [6.45, 7) is 7.80. The summed E-state index contributed by atoms with van der Waals surface area (Å²) < 4.78 is 5.80. The summed E-state index contributed by atoms with van der Waals surface area (Å²) in [6.07, 6.45) is 1.67. The van der Waals surface area contributed by atoms with Crippen LogP contribution >= 0.6 is 23.4 Å². The van der Waals surface area contributed by atoms with Gasteiger partial charge in [0.15, 0.2) is 5.17 Å². The first-order valence-electron chi connectivity index (χ1n) is 9.02. The van der Waals surface area contributed by atoms with E-state index in [2.05, 4.69) is 4.99 Å². The van der Waals surface area contributed by atoms with Crippen LogP contribution in [0.2, 0.25) is 5.02 Å². The highest BCUT2D eigenvalue weighted by atomic mass is 35.5. The number of furan rings is 1. The lowest BCUT2D eigenvalue weighted by atomic mass is 10.1. The molecule has 1 aromatic heterocycles. The second kappa shape index (κ2) is 8.42. The van der Waals surface area contributed by atoms with Gasteiger partial charge in [0, 0.05) is 29.8 Å². The van der Waals surface area contributed by atoms with Crippen molar-refractivity contribution >= 4 is 46.2 Å². The molecule has 2 aromatic rings. The number of amides is 1. The lowest BCUT2D eigenvalue weighted by Gasteiger charge is -2.20. The molecule has 0 N–H and O–H groups in total.